The molecule has 0 spiro atoms. The minimum absolute atomic E-state index is 0.333. The molecule has 2 unspecified atom stereocenters. The molecule has 64 valence electrons. The van der Waals surface area contributed by atoms with E-state index in [1.165, 1.54) is 0 Å². The third-order valence-corrected chi connectivity index (χ3v) is 1.34. The van der Waals surface area contributed by atoms with Crippen LogP contribution in [0.4, 0.5) is 0 Å². The van der Waals surface area contributed by atoms with Crippen LogP contribution in [-0.2, 0) is 0 Å². The maximum atomic E-state index is 8.23. The zero-order valence-electron chi connectivity index (χ0n) is 6.22. The SMILES string of the molecule is CC(O)CCl.CC(O)CCl. The Labute approximate surface area is 71.8 Å². The Morgan fingerprint density at radius 1 is 1.00 bits per heavy atom. The molecule has 0 aromatic carbocycles. The summed E-state index contributed by atoms with van der Waals surface area (Å²) in [5, 5.41) is 16.5. The van der Waals surface area contributed by atoms with E-state index in [2.05, 4.69) is 0 Å². The molecule has 0 amide bonds. The van der Waals surface area contributed by atoms with E-state index in [0.717, 1.165) is 0 Å². The second-order valence-electron chi connectivity index (χ2n) is 2.01. The summed E-state index contributed by atoms with van der Waals surface area (Å²) >= 11 is 10.2. The van der Waals surface area contributed by atoms with Crippen LogP contribution < -0.4 is 0 Å². The monoisotopic (exact) mass is 188 g/mol. The Hall–Kier alpha value is 0.500. The number of alkyl halides is 2. The highest BCUT2D eigenvalue weighted by Crippen LogP contribution is 1.80. The first-order valence-electron chi connectivity index (χ1n) is 3.02. The van der Waals surface area contributed by atoms with Crippen molar-refractivity contribution in [2.45, 2.75) is 26.1 Å². The van der Waals surface area contributed by atoms with Crippen molar-refractivity contribution in [1.82, 2.24) is 0 Å². The van der Waals surface area contributed by atoms with Gasteiger partial charge < -0.3 is 10.2 Å². The van der Waals surface area contributed by atoms with Gasteiger partial charge in [-0.15, -0.1) is 23.2 Å². The van der Waals surface area contributed by atoms with Crippen LogP contribution in [0.25, 0.3) is 0 Å². The Kier molecular flexibility index (Phi) is 12.5. The van der Waals surface area contributed by atoms with E-state index < -0.39 is 0 Å². The third-order valence-electron chi connectivity index (χ3n) is 0.447. The highest BCUT2D eigenvalue weighted by Gasteiger charge is 1.84. The first-order chi connectivity index (χ1) is 4.54. The normalized spacial score (nSPS) is 15.0. The van der Waals surface area contributed by atoms with E-state index in [1.54, 1.807) is 13.8 Å². The van der Waals surface area contributed by atoms with Crippen LogP contribution in [0.3, 0.4) is 0 Å². The van der Waals surface area contributed by atoms with Crippen LogP contribution in [0.5, 0.6) is 0 Å². The van der Waals surface area contributed by atoms with Crippen molar-refractivity contribution in [3.8, 4) is 0 Å². The Bertz CT molecular complexity index is 49.7. The summed E-state index contributed by atoms with van der Waals surface area (Å²) in [6.07, 6.45) is -0.701. The van der Waals surface area contributed by atoms with Gasteiger partial charge in [0.1, 0.15) is 0 Å². The van der Waals surface area contributed by atoms with Gasteiger partial charge in [-0.25, -0.2) is 0 Å². The summed E-state index contributed by atoms with van der Waals surface area (Å²) in [5.74, 6) is 0.667. The lowest BCUT2D eigenvalue weighted by Gasteiger charge is -1.88. The van der Waals surface area contributed by atoms with Gasteiger partial charge >= 0.3 is 0 Å². The number of rotatable bonds is 2. The van der Waals surface area contributed by atoms with Gasteiger partial charge in [0.25, 0.3) is 0 Å². The van der Waals surface area contributed by atoms with E-state index >= 15 is 0 Å². The molecule has 0 saturated carbocycles. The quantitative estimate of drug-likeness (QED) is 0.641. The highest BCUT2D eigenvalue weighted by molar-refractivity contribution is 6.18. The first-order valence-corrected chi connectivity index (χ1v) is 4.09. The summed E-state index contributed by atoms with van der Waals surface area (Å²) < 4.78 is 0. The number of aliphatic hydroxyl groups is 2. The maximum Gasteiger partial charge on any atom is 0.0647 e. The van der Waals surface area contributed by atoms with Gasteiger partial charge in [-0.2, -0.15) is 0 Å². The largest absolute Gasteiger partial charge is 0.392 e. The molecule has 0 bridgehead atoms. The van der Waals surface area contributed by atoms with Crippen LogP contribution in [0.2, 0.25) is 0 Å². The fraction of sp³-hybridized carbons (Fsp3) is 1.00. The maximum absolute atomic E-state index is 8.23. The molecule has 0 saturated heterocycles. The Morgan fingerprint density at radius 3 is 1.10 bits per heavy atom. The minimum Gasteiger partial charge on any atom is -0.392 e. The fourth-order valence-electron chi connectivity index (χ4n) is 0. The first kappa shape index (κ1) is 13.1. The number of hydrogen-bond donors (Lipinski definition) is 2. The second kappa shape index (κ2) is 9.50. The predicted octanol–water partition coefficient (Wildman–Crippen LogP) is 1.21. The Balaban J connectivity index is 0. The van der Waals surface area contributed by atoms with E-state index in [0.29, 0.717) is 11.8 Å². The number of hydrogen-bond acceptors (Lipinski definition) is 2. The molecular formula is C6H14Cl2O2. The number of halogens is 2. The third kappa shape index (κ3) is 23.6. The van der Waals surface area contributed by atoms with Crippen molar-refractivity contribution in [3.05, 3.63) is 0 Å². The molecule has 10 heavy (non-hydrogen) atoms. The van der Waals surface area contributed by atoms with Gasteiger partial charge in [0, 0.05) is 11.8 Å². The van der Waals surface area contributed by atoms with E-state index in [4.69, 9.17) is 33.4 Å². The van der Waals surface area contributed by atoms with Crippen molar-refractivity contribution in [2.24, 2.45) is 0 Å². The van der Waals surface area contributed by atoms with Crippen molar-refractivity contribution in [3.63, 3.8) is 0 Å². The van der Waals surface area contributed by atoms with E-state index in [-0.39, 0.29) is 12.2 Å². The molecule has 4 heteroatoms. The molecule has 2 atom stereocenters. The Morgan fingerprint density at radius 2 is 1.10 bits per heavy atom. The van der Waals surface area contributed by atoms with Crippen LogP contribution in [0.15, 0.2) is 0 Å². The molecule has 0 rings (SSSR count). The molecule has 2 N–H and O–H groups in total. The summed E-state index contributed by atoms with van der Waals surface area (Å²) in [7, 11) is 0. The second-order valence-corrected chi connectivity index (χ2v) is 2.62. The smallest absolute Gasteiger partial charge is 0.0647 e. The summed E-state index contributed by atoms with van der Waals surface area (Å²) in [5.41, 5.74) is 0. The van der Waals surface area contributed by atoms with E-state index in [1.807, 2.05) is 0 Å². The average molecular weight is 189 g/mol. The van der Waals surface area contributed by atoms with Gasteiger partial charge in [0.15, 0.2) is 0 Å². The van der Waals surface area contributed by atoms with Crippen molar-refractivity contribution < 1.29 is 10.2 Å². The number of aliphatic hydroxyl groups excluding tert-OH is 2. The molecule has 0 aromatic heterocycles. The minimum atomic E-state index is -0.350. The van der Waals surface area contributed by atoms with Gasteiger partial charge in [-0.1, -0.05) is 0 Å². The average Bonchev–Trinajstić information content (AvgIpc) is 1.89. The van der Waals surface area contributed by atoms with Crippen LogP contribution >= 0.6 is 23.2 Å². The van der Waals surface area contributed by atoms with Crippen LogP contribution in [0.1, 0.15) is 13.8 Å². The van der Waals surface area contributed by atoms with Crippen molar-refractivity contribution in [2.75, 3.05) is 11.8 Å². The lowest BCUT2D eigenvalue weighted by molar-refractivity contribution is 0.218. The van der Waals surface area contributed by atoms with Gasteiger partial charge in [0.2, 0.25) is 0 Å². The zero-order chi connectivity index (χ0) is 8.57. The highest BCUT2D eigenvalue weighted by atomic mass is 35.5. The molecule has 0 radical (unpaired) electrons. The molecule has 0 aliphatic heterocycles. The molecule has 0 aliphatic carbocycles. The van der Waals surface area contributed by atoms with Crippen LogP contribution in [-0.4, -0.2) is 34.2 Å². The molecule has 0 aliphatic rings. The molecule has 0 aromatic rings. The van der Waals surface area contributed by atoms with E-state index in [9.17, 15) is 0 Å². The lowest BCUT2D eigenvalue weighted by Crippen LogP contribution is -1.98. The van der Waals surface area contributed by atoms with Crippen molar-refractivity contribution in [1.29, 1.82) is 0 Å². The molecule has 2 nitrogen and oxygen atoms in total. The van der Waals surface area contributed by atoms with Gasteiger partial charge in [0.05, 0.1) is 12.2 Å². The van der Waals surface area contributed by atoms with Crippen LogP contribution in [0, 0.1) is 0 Å². The molecule has 0 fully saturated rings. The fourth-order valence-corrected chi connectivity index (χ4v) is 0. The predicted molar refractivity (Wildman–Crippen MR) is 44.8 cm³/mol. The zero-order valence-corrected chi connectivity index (χ0v) is 7.73. The lowest BCUT2D eigenvalue weighted by atomic mass is 10.5. The molecular weight excluding hydrogens is 175 g/mol. The standard InChI is InChI=1S/2C3H7ClO/c2*1-3(5)2-4/h2*3,5H,2H2,1H3. The summed E-state index contributed by atoms with van der Waals surface area (Å²) in [6.45, 7) is 3.29. The molecule has 0 heterocycles. The summed E-state index contributed by atoms with van der Waals surface area (Å²) in [6, 6.07) is 0. The topological polar surface area (TPSA) is 40.5 Å². The van der Waals surface area contributed by atoms with Gasteiger partial charge in [-0.3, -0.25) is 0 Å². The van der Waals surface area contributed by atoms with Crippen molar-refractivity contribution >= 4 is 23.2 Å². The summed E-state index contributed by atoms with van der Waals surface area (Å²) in [4.78, 5) is 0. The van der Waals surface area contributed by atoms with Gasteiger partial charge in [-0.05, 0) is 13.8 Å².